The Bertz CT molecular complexity index is 1060. The first-order chi connectivity index (χ1) is 14.2. The van der Waals surface area contributed by atoms with E-state index in [1.54, 1.807) is 7.11 Å². The maximum absolute atomic E-state index is 12.5. The van der Waals surface area contributed by atoms with Crippen molar-refractivity contribution in [2.45, 2.75) is 45.1 Å². The lowest BCUT2D eigenvalue weighted by atomic mass is 9.77. The average molecular weight is 432 g/mol. The van der Waals surface area contributed by atoms with Gasteiger partial charge in [-0.25, -0.2) is 4.79 Å². The van der Waals surface area contributed by atoms with Gasteiger partial charge >= 0.3 is 5.97 Å². The molecule has 2 atom stereocenters. The zero-order valence-electron chi connectivity index (χ0n) is 17.4. The molecule has 0 radical (unpaired) electrons. The molecule has 160 valence electrons. The number of carbonyl (C=O) groups is 1. The summed E-state index contributed by atoms with van der Waals surface area (Å²) in [5, 5.41) is 9.95. The van der Waals surface area contributed by atoms with E-state index in [0.29, 0.717) is 29.7 Å². The fraction of sp³-hybridized carbons (Fsp3) is 0.478. The summed E-state index contributed by atoms with van der Waals surface area (Å²) < 4.78 is 13.0. The largest absolute Gasteiger partial charge is 0.492 e. The molecule has 1 fully saturated rings. The van der Waals surface area contributed by atoms with Crippen LogP contribution in [0.2, 0.25) is 5.02 Å². The van der Waals surface area contributed by atoms with Crippen LogP contribution < -0.4 is 10.2 Å². The molecule has 2 aromatic rings. The maximum atomic E-state index is 12.5. The highest BCUT2D eigenvalue weighted by Gasteiger charge is 2.47. The molecule has 1 N–H and O–H groups in total. The quantitative estimate of drug-likeness (QED) is 0.668. The third kappa shape index (κ3) is 3.42. The summed E-state index contributed by atoms with van der Waals surface area (Å²) >= 11 is 6.52. The summed E-state index contributed by atoms with van der Waals surface area (Å²) in [5.41, 5.74) is 1.96. The number of aromatic nitrogens is 1. The van der Waals surface area contributed by atoms with Crippen LogP contribution in [0.15, 0.2) is 29.2 Å². The van der Waals surface area contributed by atoms with E-state index in [0.717, 1.165) is 30.4 Å². The van der Waals surface area contributed by atoms with Gasteiger partial charge in [-0.1, -0.05) is 25.4 Å². The van der Waals surface area contributed by atoms with Crippen LogP contribution in [0, 0.1) is 5.41 Å². The predicted molar refractivity (Wildman–Crippen MR) is 115 cm³/mol. The second kappa shape index (κ2) is 7.75. The van der Waals surface area contributed by atoms with E-state index in [-0.39, 0.29) is 22.9 Å². The van der Waals surface area contributed by atoms with Gasteiger partial charge in [-0.05, 0) is 36.0 Å². The van der Waals surface area contributed by atoms with Gasteiger partial charge in [0.2, 0.25) is 0 Å². The first kappa shape index (κ1) is 20.9. The molecule has 0 spiro atoms. The van der Waals surface area contributed by atoms with Crippen molar-refractivity contribution in [3.05, 3.63) is 50.8 Å². The Kier molecular flexibility index (Phi) is 5.41. The number of hydrogen-bond donors (Lipinski definition) is 1. The summed E-state index contributed by atoms with van der Waals surface area (Å²) in [6, 6.07) is 5.34. The standard InChI is InChI=1S/C23H26ClNO5/c1-23(2)6-5-13-14-10-20(30-8-4-7-29-3)17(24)9-15(14)18-11-19(26)16(22(27)28)12-25(18)21(13)23/h9-13,21H,4-8H2,1-3H3,(H,27,28)/t13-,21+/m1/s1. The number of ether oxygens (including phenoxy) is 2. The molecule has 0 amide bonds. The van der Waals surface area contributed by atoms with E-state index in [2.05, 4.69) is 13.8 Å². The average Bonchev–Trinajstić information content (AvgIpc) is 3.01. The molecule has 1 aromatic heterocycles. The van der Waals surface area contributed by atoms with Crippen molar-refractivity contribution in [1.82, 2.24) is 4.57 Å². The number of nitrogens with zero attached hydrogens (tertiary/aromatic N) is 1. The molecule has 4 rings (SSSR count). The number of fused-ring (bicyclic) bond motifs is 6. The van der Waals surface area contributed by atoms with Crippen LogP contribution in [0.3, 0.4) is 0 Å². The molecule has 0 saturated heterocycles. The number of aromatic carboxylic acids is 1. The first-order valence-electron chi connectivity index (χ1n) is 10.2. The highest BCUT2D eigenvalue weighted by molar-refractivity contribution is 6.32. The smallest absolute Gasteiger partial charge is 0.341 e. The molecule has 6 nitrogen and oxygen atoms in total. The summed E-state index contributed by atoms with van der Waals surface area (Å²) in [6.07, 6.45) is 4.25. The monoisotopic (exact) mass is 431 g/mol. The van der Waals surface area contributed by atoms with Crippen LogP contribution >= 0.6 is 11.6 Å². The summed E-state index contributed by atoms with van der Waals surface area (Å²) in [4.78, 5) is 24.1. The van der Waals surface area contributed by atoms with Gasteiger partial charge in [-0.3, -0.25) is 4.79 Å². The molecule has 2 aliphatic rings. The molecule has 2 heterocycles. The topological polar surface area (TPSA) is 77.8 Å². The van der Waals surface area contributed by atoms with Gasteiger partial charge in [-0.2, -0.15) is 0 Å². The number of carboxylic acids is 1. The van der Waals surface area contributed by atoms with E-state index in [1.165, 1.54) is 12.3 Å². The van der Waals surface area contributed by atoms with Crippen molar-refractivity contribution in [2.75, 3.05) is 20.3 Å². The minimum atomic E-state index is -1.20. The molecule has 30 heavy (non-hydrogen) atoms. The van der Waals surface area contributed by atoms with Gasteiger partial charge < -0.3 is 19.1 Å². The number of pyridine rings is 1. The van der Waals surface area contributed by atoms with E-state index in [9.17, 15) is 14.7 Å². The van der Waals surface area contributed by atoms with Crippen LogP contribution in [0.25, 0.3) is 11.3 Å². The number of halogens is 1. The van der Waals surface area contributed by atoms with Gasteiger partial charge in [-0.15, -0.1) is 0 Å². The van der Waals surface area contributed by atoms with Gasteiger partial charge in [0, 0.05) is 49.9 Å². The SMILES string of the molecule is COCCCOc1cc2c(cc1Cl)-c1cc(=O)c(C(=O)O)cn1[C@H]1[C@@H]2CCC1(C)C. The molecule has 0 unspecified atom stereocenters. The third-order valence-corrected chi connectivity index (χ3v) is 6.72. The van der Waals surface area contributed by atoms with Crippen molar-refractivity contribution in [3.8, 4) is 17.0 Å². The van der Waals surface area contributed by atoms with Gasteiger partial charge in [0.15, 0.2) is 5.43 Å². The van der Waals surface area contributed by atoms with Crippen LogP contribution in [0.5, 0.6) is 5.75 Å². The van der Waals surface area contributed by atoms with E-state index < -0.39 is 11.4 Å². The van der Waals surface area contributed by atoms with E-state index in [4.69, 9.17) is 21.1 Å². The molecule has 1 aromatic carbocycles. The second-order valence-corrected chi connectivity index (χ2v) is 9.20. The minimum Gasteiger partial charge on any atom is -0.492 e. The summed E-state index contributed by atoms with van der Waals surface area (Å²) in [5.74, 6) is -0.371. The lowest BCUT2D eigenvalue weighted by Crippen LogP contribution is -2.32. The van der Waals surface area contributed by atoms with Crippen LogP contribution in [0.4, 0.5) is 0 Å². The number of methoxy groups -OCH3 is 1. The fourth-order valence-corrected chi connectivity index (χ4v) is 5.24. The Morgan fingerprint density at radius 1 is 1.30 bits per heavy atom. The van der Waals surface area contributed by atoms with Crippen molar-refractivity contribution < 1.29 is 19.4 Å². The number of rotatable bonds is 6. The Labute approximate surface area is 180 Å². The number of benzene rings is 1. The first-order valence-corrected chi connectivity index (χ1v) is 10.6. The second-order valence-electron chi connectivity index (χ2n) is 8.79. The van der Waals surface area contributed by atoms with Crippen LogP contribution in [-0.2, 0) is 4.74 Å². The van der Waals surface area contributed by atoms with E-state index in [1.807, 2.05) is 16.7 Å². The summed E-state index contributed by atoms with van der Waals surface area (Å²) in [6.45, 7) is 5.51. The van der Waals surface area contributed by atoms with Gasteiger partial charge in [0.25, 0.3) is 0 Å². The lowest BCUT2D eigenvalue weighted by molar-refractivity contribution is 0.0693. The highest BCUT2D eigenvalue weighted by atomic mass is 35.5. The van der Waals surface area contributed by atoms with Crippen LogP contribution in [-0.4, -0.2) is 36.0 Å². The zero-order chi connectivity index (χ0) is 21.6. The number of carboxylic acid groups (broad SMARTS) is 1. The van der Waals surface area contributed by atoms with Crippen LogP contribution in [0.1, 0.15) is 61.0 Å². The normalized spacial score (nSPS) is 20.9. The molecular formula is C23H26ClNO5. The number of hydrogen-bond acceptors (Lipinski definition) is 4. The Hall–Kier alpha value is -2.31. The van der Waals surface area contributed by atoms with Gasteiger partial charge in [0.05, 0.1) is 17.3 Å². The Morgan fingerprint density at radius 3 is 2.77 bits per heavy atom. The molecular weight excluding hydrogens is 406 g/mol. The Balaban J connectivity index is 1.86. The highest BCUT2D eigenvalue weighted by Crippen LogP contribution is 2.59. The molecule has 1 aliphatic carbocycles. The van der Waals surface area contributed by atoms with Crippen molar-refractivity contribution in [2.24, 2.45) is 5.41 Å². The van der Waals surface area contributed by atoms with Crippen molar-refractivity contribution >= 4 is 17.6 Å². The maximum Gasteiger partial charge on any atom is 0.341 e. The van der Waals surface area contributed by atoms with Gasteiger partial charge in [0.1, 0.15) is 11.3 Å². The molecule has 1 saturated carbocycles. The molecule has 0 bridgehead atoms. The van der Waals surface area contributed by atoms with Crippen molar-refractivity contribution in [3.63, 3.8) is 0 Å². The minimum absolute atomic E-state index is 0.0406. The fourth-order valence-electron chi connectivity index (χ4n) is 5.02. The zero-order valence-corrected chi connectivity index (χ0v) is 18.2. The van der Waals surface area contributed by atoms with E-state index >= 15 is 0 Å². The Morgan fingerprint density at radius 2 is 2.07 bits per heavy atom. The van der Waals surface area contributed by atoms with Crippen molar-refractivity contribution in [1.29, 1.82) is 0 Å². The predicted octanol–water partition coefficient (Wildman–Crippen LogP) is 4.74. The third-order valence-electron chi connectivity index (χ3n) is 6.42. The summed E-state index contributed by atoms with van der Waals surface area (Å²) in [7, 11) is 1.66. The molecule has 1 aliphatic heterocycles. The lowest BCUT2D eigenvalue weighted by Gasteiger charge is -2.40. The molecule has 7 heteroatoms.